The Kier molecular flexibility index (Phi) is 5.32. The molecule has 2 aromatic carbocycles. The standard InChI is InChI=1S/C28H25FN4O2/c1-16-9-10-17(11-21(16)29)26-20(15-33(32-26)18-7-5-4-6-8-18)24-19(14-30)27(31)35-23-13-28(2,3)12-22(34)25(23)24/h4-11,15,24H,12-13,31H2,1-3H3/t24-/m1/s1. The van der Waals surface area contributed by atoms with Crippen LogP contribution in [0.1, 0.15) is 43.7 Å². The van der Waals surface area contributed by atoms with Crippen molar-refractivity contribution < 1.29 is 13.9 Å². The van der Waals surface area contributed by atoms with Crippen LogP contribution >= 0.6 is 0 Å². The zero-order valence-corrected chi connectivity index (χ0v) is 19.8. The van der Waals surface area contributed by atoms with Crippen LogP contribution in [0.5, 0.6) is 0 Å². The van der Waals surface area contributed by atoms with Gasteiger partial charge in [0.15, 0.2) is 5.78 Å². The van der Waals surface area contributed by atoms with E-state index in [1.165, 1.54) is 6.07 Å². The zero-order valence-electron chi connectivity index (χ0n) is 19.8. The van der Waals surface area contributed by atoms with Gasteiger partial charge in [0.2, 0.25) is 5.88 Å². The van der Waals surface area contributed by atoms with Gasteiger partial charge >= 0.3 is 0 Å². The van der Waals surface area contributed by atoms with E-state index in [4.69, 9.17) is 15.6 Å². The Morgan fingerprint density at radius 3 is 2.63 bits per heavy atom. The predicted octanol–water partition coefficient (Wildman–Crippen LogP) is 5.44. The van der Waals surface area contributed by atoms with Crippen molar-refractivity contribution in [2.75, 3.05) is 0 Å². The number of allylic oxidation sites excluding steroid dienone is 3. The molecule has 1 aliphatic heterocycles. The highest BCUT2D eigenvalue weighted by atomic mass is 19.1. The van der Waals surface area contributed by atoms with E-state index >= 15 is 0 Å². The molecule has 6 nitrogen and oxygen atoms in total. The van der Waals surface area contributed by atoms with Crippen molar-refractivity contribution in [2.24, 2.45) is 11.1 Å². The van der Waals surface area contributed by atoms with Gasteiger partial charge in [0, 0.05) is 35.7 Å². The van der Waals surface area contributed by atoms with Gasteiger partial charge in [0.05, 0.1) is 17.3 Å². The topological polar surface area (TPSA) is 93.9 Å². The number of ketones is 1. The van der Waals surface area contributed by atoms with Crippen molar-refractivity contribution in [1.82, 2.24) is 9.78 Å². The molecule has 2 aliphatic rings. The quantitative estimate of drug-likeness (QED) is 0.553. The number of nitriles is 1. The highest BCUT2D eigenvalue weighted by Crippen LogP contribution is 2.49. The molecule has 5 rings (SSSR count). The number of para-hydroxylation sites is 1. The lowest BCUT2D eigenvalue weighted by molar-refractivity contribution is -0.119. The molecule has 0 bridgehead atoms. The molecule has 2 N–H and O–H groups in total. The maximum atomic E-state index is 14.6. The highest BCUT2D eigenvalue weighted by Gasteiger charge is 2.44. The Labute approximate surface area is 203 Å². The van der Waals surface area contributed by atoms with Crippen LogP contribution in [-0.4, -0.2) is 15.6 Å². The molecule has 1 aromatic heterocycles. The number of aryl methyl sites for hydroxylation is 1. The number of nitrogens with two attached hydrogens (primary N) is 1. The van der Waals surface area contributed by atoms with Gasteiger partial charge in [-0.05, 0) is 36.1 Å². The molecule has 2 heterocycles. The van der Waals surface area contributed by atoms with Crippen LogP contribution < -0.4 is 5.73 Å². The van der Waals surface area contributed by atoms with E-state index in [2.05, 4.69) is 6.07 Å². The van der Waals surface area contributed by atoms with Crippen LogP contribution in [0.25, 0.3) is 16.9 Å². The van der Waals surface area contributed by atoms with E-state index in [1.54, 1.807) is 29.9 Å². The fraction of sp³-hybridized carbons (Fsp3) is 0.250. The molecule has 0 unspecified atom stereocenters. The number of benzene rings is 2. The first kappa shape index (κ1) is 22.6. The summed E-state index contributed by atoms with van der Waals surface area (Å²) in [7, 11) is 0. The fourth-order valence-corrected chi connectivity index (χ4v) is 4.87. The molecule has 1 atom stereocenters. The number of halogens is 1. The molecule has 0 spiro atoms. The van der Waals surface area contributed by atoms with Gasteiger partial charge in [-0.2, -0.15) is 10.4 Å². The minimum absolute atomic E-state index is 0.0183. The lowest BCUT2D eigenvalue weighted by Crippen LogP contribution is -2.33. The molecule has 3 aromatic rings. The summed E-state index contributed by atoms with van der Waals surface area (Å²) in [5, 5.41) is 14.8. The van der Waals surface area contributed by atoms with Crippen LogP contribution in [0, 0.1) is 29.5 Å². The van der Waals surface area contributed by atoms with Gasteiger partial charge in [-0.3, -0.25) is 4.79 Å². The number of ether oxygens (including phenoxy) is 1. The third-order valence-electron chi connectivity index (χ3n) is 6.60. The second-order valence-electron chi connectivity index (χ2n) is 9.88. The van der Waals surface area contributed by atoms with E-state index in [-0.39, 0.29) is 28.5 Å². The van der Waals surface area contributed by atoms with Gasteiger partial charge in [-0.1, -0.05) is 44.2 Å². The number of carbonyl (C=O) groups excluding carboxylic acids is 1. The van der Waals surface area contributed by atoms with E-state index in [0.717, 1.165) is 5.69 Å². The number of hydrogen-bond acceptors (Lipinski definition) is 5. The molecule has 176 valence electrons. The first-order valence-electron chi connectivity index (χ1n) is 11.4. The van der Waals surface area contributed by atoms with Crippen molar-refractivity contribution in [1.29, 1.82) is 5.26 Å². The molecule has 35 heavy (non-hydrogen) atoms. The van der Waals surface area contributed by atoms with Crippen molar-refractivity contribution in [2.45, 2.75) is 39.5 Å². The summed E-state index contributed by atoms with van der Waals surface area (Å²) in [5.41, 5.74) is 9.43. The number of Topliss-reactive ketones (excluding diaryl/α,β-unsaturated/α-hetero) is 1. The molecule has 1 aliphatic carbocycles. The molecule has 7 heteroatoms. The molecule has 0 radical (unpaired) electrons. The monoisotopic (exact) mass is 468 g/mol. The maximum Gasteiger partial charge on any atom is 0.205 e. The average molecular weight is 469 g/mol. The summed E-state index contributed by atoms with van der Waals surface area (Å²) in [6.45, 7) is 5.69. The van der Waals surface area contributed by atoms with Crippen molar-refractivity contribution in [3.63, 3.8) is 0 Å². The predicted molar refractivity (Wildman–Crippen MR) is 129 cm³/mol. The zero-order chi connectivity index (χ0) is 24.9. The molecule has 0 fully saturated rings. The van der Waals surface area contributed by atoms with E-state index in [0.29, 0.717) is 46.6 Å². The Balaban J connectivity index is 1.78. The summed E-state index contributed by atoms with van der Waals surface area (Å²) in [5.74, 6) is -0.740. The first-order chi connectivity index (χ1) is 16.7. The summed E-state index contributed by atoms with van der Waals surface area (Å²) in [6.07, 6.45) is 2.64. The average Bonchev–Trinajstić information content (AvgIpc) is 3.25. The number of rotatable bonds is 3. The summed E-state index contributed by atoms with van der Waals surface area (Å²) in [4.78, 5) is 13.4. The second-order valence-corrected chi connectivity index (χ2v) is 9.88. The second kappa shape index (κ2) is 8.24. The van der Waals surface area contributed by atoms with E-state index < -0.39 is 5.92 Å². The number of aromatic nitrogens is 2. The normalized spacial score (nSPS) is 19.3. The summed E-state index contributed by atoms with van der Waals surface area (Å²) in [6, 6.07) is 16.5. The molecular weight excluding hydrogens is 443 g/mol. The summed E-state index contributed by atoms with van der Waals surface area (Å²) >= 11 is 0. The Hall–Kier alpha value is -4.18. The largest absolute Gasteiger partial charge is 0.444 e. The maximum absolute atomic E-state index is 14.6. The van der Waals surface area contributed by atoms with Crippen LogP contribution in [0.15, 0.2) is 77.5 Å². The molecular formula is C28H25FN4O2. The highest BCUT2D eigenvalue weighted by molar-refractivity contribution is 6.00. The first-order valence-corrected chi connectivity index (χ1v) is 11.4. The van der Waals surface area contributed by atoms with Gasteiger partial charge in [0.25, 0.3) is 0 Å². The van der Waals surface area contributed by atoms with Crippen LogP contribution in [0.3, 0.4) is 0 Å². The summed E-state index contributed by atoms with van der Waals surface area (Å²) < 4.78 is 22.1. The van der Waals surface area contributed by atoms with Crippen molar-refractivity contribution >= 4 is 5.78 Å². The van der Waals surface area contributed by atoms with Crippen molar-refractivity contribution in [3.05, 3.63) is 94.5 Å². The van der Waals surface area contributed by atoms with Gasteiger partial charge in [-0.15, -0.1) is 0 Å². The van der Waals surface area contributed by atoms with Gasteiger partial charge in [-0.25, -0.2) is 9.07 Å². The SMILES string of the molecule is Cc1ccc(-c2nn(-c3ccccc3)cc2[C@H]2C(C#N)=C(N)OC3=C2C(=O)CC(C)(C)C3)cc1F. The fourth-order valence-electron chi connectivity index (χ4n) is 4.87. The van der Waals surface area contributed by atoms with Crippen LogP contribution in [-0.2, 0) is 9.53 Å². The molecule has 0 saturated carbocycles. The van der Waals surface area contributed by atoms with Crippen LogP contribution in [0.4, 0.5) is 4.39 Å². The number of nitrogens with zero attached hydrogens (tertiary/aromatic N) is 3. The molecule has 0 saturated heterocycles. The Morgan fingerprint density at radius 1 is 1.20 bits per heavy atom. The van der Waals surface area contributed by atoms with Crippen LogP contribution in [0.2, 0.25) is 0 Å². The number of carbonyl (C=O) groups is 1. The van der Waals surface area contributed by atoms with E-state index in [1.807, 2.05) is 44.2 Å². The number of hydrogen-bond donors (Lipinski definition) is 1. The minimum Gasteiger partial charge on any atom is -0.444 e. The van der Waals surface area contributed by atoms with Crippen molar-refractivity contribution in [3.8, 4) is 23.0 Å². The smallest absolute Gasteiger partial charge is 0.205 e. The minimum atomic E-state index is -0.760. The Morgan fingerprint density at radius 2 is 1.94 bits per heavy atom. The molecule has 0 amide bonds. The lowest BCUT2D eigenvalue weighted by Gasteiger charge is -2.37. The third-order valence-corrected chi connectivity index (χ3v) is 6.60. The van der Waals surface area contributed by atoms with Gasteiger partial charge < -0.3 is 10.5 Å². The lowest BCUT2D eigenvalue weighted by atomic mass is 9.70. The van der Waals surface area contributed by atoms with Gasteiger partial charge in [0.1, 0.15) is 23.2 Å². The van der Waals surface area contributed by atoms with E-state index in [9.17, 15) is 14.4 Å². The third kappa shape index (κ3) is 3.91. The Bertz CT molecular complexity index is 1460.